The molecule has 0 atom stereocenters. The lowest BCUT2D eigenvalue weighted by Crippen LogP contribution is -2.17. The van der Waals surface area contributed by atoms with Crippen molar-refractivity contribution < 1.29 is 8.81 Å². The van der Waals surface area contributed by atoms with Gasteiger partial charge in [0.25, 0.3) is 0 Å². The first-order valence-corrected chi connectivity index (χ1v) is 6.00. The molecule has 1 aromatic heterocycles. The maximum atomic E-state index is 13.2. The largest absolute Gasteiger partial charge is 0.469 e. The predicted molar refractivity (Wildman–Crippen MR) is 69.7 cm³/mol. The van der Waals surface area contributed by atoms with E-state index in [1.807, 2.05) is 26.1 Å². The fraction of sp³-hybridized carbons (Fsp3) is 0.267. The van der Waals surface area contributed by atoms with Crippen LogP contribution in [0.25, 0.3) is 0 Å². The Balaban J connectivity index is 2.05. The van der Waals surface area contributed by atoms with Gasteiger partial charge in [-0.05, 0) is 37.7 Å². The fourth-order valence-electron chi connectivity index (χ4n) is 1.99. The van der Waals surface area contributed by atoms with Gasteiger partial charge in [0.15, 0.2) is 0 Å². The van der Waals surface area contributed by atoms with E-state index in [1.54, 1.807) is 18.4 Å². The summed E-state index contributed by atoms with van der Waals surface area (Å²) in [5.41, 5.74) is 2.14. The molecule has 0 N–H and O–H groups in total. The van der Waals surface area contributed by atoms with Gasteiger partial charge in [-0.15, -0.1) is 0 Å². The summed E-state index contributed by atoms with van der Waals surface area (Å²) in [6.07, 6.45) is 1.67. The van der Waals surface area contributed by atoms with Crippen LogP contribution >= 0.6 is 0 Å². The number of rotatable bonds is 4. The molecule has 0 fully saturated rings. The van der Waals surface area contributed by atoms with Crippen molar-refractivity contribution in [2.45, 2.75) is 20.0 Å². The highest BCUT2D eigenvalue weighted by Crippen LogP contribution is 2.15. The molecule has 3 nitrogen and oxygen atoms in total. The van der Waals surface area contributed by atoms with Gasteiger partial charge in [-0.2, -0.15) is 5.26 Å². The number of nitrogens with zero attached hydrogens (tertiary/aromatic N) is 2. The quantitative estimate of drug-likeness (QED) is 0.845. The highest BCUT2D eigenvalue weighted by molar-refractivity contribution is 5.34. The highest BCUT2D eigenvalue weighted by Gasteiger charge is 2.08. The Morgan fingerprint density at radius 1 is 1.32 bits per heavy atom. The van der Waals surface area contributed by atoms with Crippen molar-refractivity contribution in [2.75, 3.05) is 7.05 Å². The molecular weight excluding hydrogens is 243 g/mol. The van der Waals surface area contributed by atoms with E-state index >= 15 is 0 Å². The molecule has 2 rings (SSSR count). The van der Waals surface area contributed by atoms with Gasteiger partial charge >= 0.3 is 0 Å². The molecule has 0 saturated heterocycles. The highest BCUT2D eigenvalue weighted by atomic mass is 19.1. The van der Waals surface area contributed by atoms with Crippen molar-refractivity contribution in [1.29, 1.82) is 5.26 Å². The van der Waals surface area contributed by atoms with Gasteiger partial charge in [-0.1, -0.05) is 6.07 Å². The zero-order valence-electron chi connectivity index (χ0n) is 11.0. The normalized spacial score (nSPS) is 10.7. The third-order valence-corrected chi connectivity index (χ3v) is 3.01. The molecule has 0 aliphatic rings. The number of hydrogen-bond acceptors (Lipinski definition) is 3. The zero-order valence-corrected chi connectivity index (χ0v) is 11.0. The Bertz CT molecular complexity index is 613. The topological polar surface area (TPSA) is 40.2 Å². The minimum atomic E-state index is -0.473. The lowest BCUT2D eigenvalue weighted by atomic mass is 10.1. The van der Waals surface area contributed by atoms with Gasteiger partial charge in [0.2, 0.25) is 0 Å². The van der Waals surface area contributed by atoms with Crippen LogP contribution < -0.4 is 0 Å². The molecule has 0 aliphatic heterocycles. The summed E-state index contributed by atoms with van der Waals surface area (Å²) >= 11 is 0. The summed E-state index contributed by atoms with van der Waals surface area (Å²) in [4.78, 5) is 2.09. The molecule has 0 radical (unpaired) electrons. The lowest BCUT2D eigenvalue weighted by molar-refractivity contribution is 0.316. The SMILES string of the molecule is Cc1occc1CN(C)Cc1ccc(F)c(C#N)c1. The smallest absolute Gasteiger partial charge is 0.140 e. The average molecular weight is 258 g/mol. The minimum absolute atomic E-state index is 0.0883. The Morgan fingerprint density at radius 3 is 2.74 bits per heavy atom. The molecule has 2 aromatic rings. The van der Waals surface area contributed by atoms with Gasteiger partial charge < -0.3 is 4.42 Å². The molecule has 98 valence electrons. The lowest BCUT2D eigenvalue weighted by Gasteiger charge is -2.16. The van der Waals surface area contributed by atoms with Crippen LogP contribution in [0.3, 0.4) is 0 Å². The Morgan fingerprint density at radius 2 is 2.11 bits per heavy atom. The summed E-state index contributed by atoms with van der Waals surface area (Å²) in [7, 11) is 1.97. The van der Waals surface area contributed by atoms with E-state index in [-0.39, 0.29) is 5.56 Å². The molecule has 0 unspecified atom stereocenters. The maximum Gasteiger partial charge on any atom is 0.140 e. The Hall–Kier alpha value is -2.12. The van der Waals surface area contributed by atoms with Crippen molar-refractivity contribution in [1.82, 2.24) is 4.90 Å². The number of nitriles is 1. The fourth-order valence-corrected chi connectivity index (χ4v) is 1.99. The summed E-state index contributed by atoms with van der Waals surface area (Å²) in [5, 5.41) is 8.80. The molecule has 0 amide bonds. The second kappa shape index (κ2) is 5.68. The standard InChI is InChI=1S/C15H15FN2O/c1-11-13(5-6-19-11)10-18(2)9-12-3-4-15(16)14(7-12)8-17/h3-7H,9-10H2,1-2H3. The van der Waals surface area contributed by atoms with Crippen LogP contribution in [0.2, 0.25) is 0 Å². The summed E-state index contributed by atoms with van der Waals surface area (Å²) in [5.74, 6) is 0.434. The van der Waals surface area contributed by atoms with Crippen LogP contribution in [-0.2, 0) is 13.1 Å². The van der Waals surface area contributed by atoms with Crippen molar-refractivity contribution in [2.24, 2.45) is 0 Å². The van der Waals surface area contributed by atoms with E-state index in [4.69, 9.17) is 9.68 Å². The van der Waals surface area contributed by atoms with Crippen molar-refractivity contribution >= 4 is 0 Å². The van der Waals surface area contributed by atoms with Crippen LogP contribution in [0.4, 0.5) is 4.39 Å². The van der Waals surface area contributed by atoms with Crippen LogP contribution in [0.15, 0.2) is 34.9 Å². The van der Waals surface area contributed by atoms with E-state index in [0.717, 1.165) is 23.4 Å². The first kappa shape index (κ1) is 13.3. The van der Waals surface area contributed by atoms with E-state index in [1.165, 1.54) is 6.07 Å². The number of benzene rings is 1. The van der Waals surface area contributed by atoms with E-state index in [9.17, 15) is 4.39 Å². The van der Waals surface area contributed by atoms with Crippen LogP contribution in [0.1, 0.15) is 22.5 Å². The van der Waals surface area contributed by atoms with Gasteiger partial charge in [-0.25, -0.2) is 4.39 Å². The Labute approximate surface area is 111 Å². The van der Waals surface area contributed by atoms with Gasteiger partial charge in [-0.3, -0.25) is 4.90 Å². The van der Waals surface area contributed by atoms with Crippen molar-refractivity contribution in [3.63, 3.8) is 0 Å². The van der Waals surface area contributed by atoms with E-state index in [0.29, 0.717) is 6.54 Å². The monoisotopic (exact) mass is 258 g/mol. The minimum Gasteiger partial charge on any atom is -0.469 e. The molecular formula is C15H15FN2O. The molecule has 19 heavy (non-hydrogen) atoms. The third-order valence-electron chi connectivity index (χ3n) is 3.01. The number of halogens is 1. The molecule has 1 aromatic carbocycles. The molecule has 0 bridgehead atoms. The molecule has 1 heterocycles. The summed E-state index contributed by atoms with van der Waals surface area (Å²) < 4.78 is 18.5. The van der Waals surface area contributed by atoms with Crippen molar-refractivity contribution in [3.05, 3.63) is 58.8 Å². The number of furan rings is 1. The van der Waals surface area contributed by atoms with Crippen LogP contribution in [0.5, 0.6) is 0 Å². The zero-order chi connectivity index (χ0) is 13.8. The first-order valence-electron chi connectivity index (χ1n) is 6.00. The van der Waals surface area contributed by atoms with E-state index in [2.05, 4.69) is 4.90 Å². The van der Waals surface area contributed by atoms with Crippen molar-refractivity contribution in [3.8, 4) is 6.07 Å². The van der Waals surface area contributed by atoms with Gasteiger partial charge in [0, 0.05) is 18.7 Å². The second-order valence-corrected chi connectivity index (χ2v) is 4.60. The number of hydrogen-bond donors (Lipinski definition) is 0. The summed E-state index contributed by atoms with van der Waals surface area (Å²) in [6.45, 7) is 3.33. The number of aryl methyl sites for hydroxylation is 1. The average Bonchev–Trinajstić information content (AvgIpc) is 2.77. The van der Waals surface area contributed by atoms with Crippen LogP contribution in [0, 0.1) is 24.1 Å². The Kier molecular flexibility index (Phi) is 3.98. The molecule has 0 aliphatic carbocycles. The molecule has 0 spiro atoms. The van der Waals surface area contributed by atoms with Gasteiger partial charge in [0.1, 0.15) is 17.6 Å². The first-order chi connectivity index (χ1) is 9.10. The second-order valence-electron chi connectivity index (χ2n) is 4.60. The summed E-state index contributed by atoms with van der Waals surface area (Å²) in [6, 6.07) is 8.43. The molecule has 0 saturated carbocycles. The van der Waals surface area contributed by atoms with Crippen LogP contribution in [-0.4, -0.2) is 11.9 Å². The van der Waals surface area contributed by atoms with E-state index < -0.39 is 5.82 Å². The third kappa shape index (κ3) is 3.21. The maximum absolute atomic E-state index is 13.2. The molecule has 4 heteroatoms. The van der Waals surface area contributed by atoms with Gasteiger partial charge in [0.05, 0.1) is 11.8 Å². The predicted octanol–water partition coefficient (Wildman–Crippen LogP) is 3.23.